The Balaban J connectivity index is 2.32. The van der Waals surface area contributed by atoms with Crippen LogP contribution in [0.1, 0.15) is 43.7 Å². The molecular formula is C15H18O. The van der Waals surface area contributed by atoms with Gasteiger partial charge in [0.25, 0.3) is 0 Å². The van der Waals surface area contributed by atoms with Crippen LogP contribution >= 0.6 is 0 Å². The van der Waals surface area contributed by atoms with Crippen molar-refractivity contribution >= 4 is 5.78 Å². The molecular weight excluding hydrogens is 196 g/mol. The van der Waals surface area contributed by atoms with Crippen LogP contribution in [-0.2, 0) is 11.2 Å². The van der Waals surface area contributed by atoms with Crippen molar-refractivity contribution in [2.75, 3.05) is 0 Å². The van der Waals surface area contributed by atoms with Gasteiger partial charge in [-0.1, -0.05) is 29.8 Å². The van der Waals surface area contributed by atoms with E-state index in [2.05, 4.69) is 18.2 Å². The smallest absolute Gasteiger partial charge is 0.163 e. The Bertz CT molecular complexity index is 425. The van der Waals surface area contributed by atoms with E-state index in [-0.39, 0.29) is 11.7 Å². The molecule has 1 aliphatic carbocycles. The van der Waals surface area contributed by atoms with E-state index < -0.39 is 0 Å². The first-order chi connectivity index (χ1) is 7.68. The lowest BCUT2D eigenvalue weighted by molar-refractivity contribution is -0.116. The van der Waals surface area contributed by atoms with Gasteiger partial charge in [0.1, 0.15) is 0 Å². The fraction of sp³-hybridized carbons (Fsp3) is 0.400. The minimum atomic E-state index is 0.0971. The highest BCUT2D eigenvalue weighted by atomic mass is 16.1. The summed E-state index contributed by atoms with van der Waals surface area (Å²) in [5.41, 5.74) is 3.69. The van der Waals surface area contributed by atoms with Crippen LogP contribution in [0.2, 0.25) is 0 Å². The predicted molar refractivity (Wildman–Crippen MR) is 66.6 cm³/mol. The normalized spacial score (nSPS) is 18.8. The van der Waals surface area contributed by atoms with Crippen LogP contribution in [0.4, 0.5) is 0 Å². The predicted octanol–water partition coefficient (Wildman–Crippen LogP) is 3.64. The first kappa shape index (κ1) is 11.1. The van der Waals surface area contributed by atoms with Crippen LogP contribution in [0, 0.1) is 0 Å². The molecule has 0 heterocycles. The molecule has 0 spiro atoms. The first-order valence-electron chi connectivity index (χ1n) is 5.95. The van der Waals surface area contributed by atoms with E-state index in [1.54, 1.807) is 6.08 Å². The summed E-state index contributed by atoms with van der Waals surface area (Å²) < 4.78 is 0. The number of hydrogen-bond acceptors (Lipinski definition) is 1. The highest BCUT2D eigenvalue weighted by Gasteiger charge is 2.24. The van der Waals surface area contributed by atoms with Gasteiger partial charge in [-0.15, -0.1) is 0 Å². The third kappa shape index (κ3) is 2.24. The van der Waals surface area contributed by atoms with Crippen LogP contribution < -0.4 is 0 Å². The van der Waals surface area contributed by atoms with Gasteiger partial charge >= 0.3 is 0 Å². The summed E-state index contributed by atoms with van der Waals surface area (Å²) >= 11 is 0. The van der Waals surface area contributed by atoms with Gasteiger partial charge in [0.05, 0.1) is 0 Å². The number of allylic oxidation sites excluding steroid dienone is 2. The molecule has 0 N–H and O–H groups in total. The Morgan fingerprint density at radius 1 is 1.31 bits per heavy atom. The molecule has 0 bridgehead atoms. The van der Waals surface area contributed by atoms with Crippen molar-refractivity contribution < 1.29 is 4.79 Å². The molecule has 0 fully saturated rings. The lowest BCUT2D eigenvalue weighted by atomic mass is 9.80. The topological polar surface area (TPSA) is 17.1 Å². The van der Waals surface area contributed by atoms with Gasteiger partial charge in [-0.3, -0.25) is 4.79 Å². The van der Waals surface area contributed by atoms with Crippen molar-refractivity contribution in [2.24, 2.45) is 0 Å². The first-order valence-corrected chi connectivity index (χ1v) is 5.95. The number of aryl methyl sites for hydroxylation is 1. The molecule has 0 aliphatic heterocycles. The number of hydrogen-bond donors (Lipinski definition) is 0. The summed E-state index contributed by atoms with van der Waals surface area (Å²) in [6.45, 7) is 3.96. The third-order valence-corrected chi connectivity index (χ3v) is 3.14. The highest BCUT2D eigenvalue weighted by Crippen LogP contribution is 2.32. The molecule has 0 saturated carbocycles. The minimum Gasteiger partial charge on any atom is -0.294 e. The quantitative estimate of drug-likeness (QED) is 0.687. The average Bonchev–Trinajstić information content (AvgIpc) is 2.27. The van der Waals surface area contributed by atoms with Crippen molar-refractivity contribution in [3.05, 3.63) is 47.0 Å². The molecule has 16 heavy (non-hydrogen) atoms. The molecule has 84 valence electrons. The monoisotopic (exact) mass is 214 g/mol. The molecule has 1 heteroatoms. The van der Waals surface area contributed by atoms with Crippen molar-refractivity contribution in [2.45, 2.75) is 39.0 Å². The van der Waals surface area contributed by atoms with Gasteiger partial charge in [-0.05, 0) is 50.3 Å². The maximum Gasteiger partial charge on any atom is 0.163 e. The Morgan fingerprint density at radius 2 is 2.06 bits per heavy atom. The van der Waals surface area contributed by atoms with Crippen LogP contribution in [0.15, 0.2) is 35.9 Å². The molecule has 1 nitrogen and oxygen atoms in total. The van der Waals surface area contributed by atoms with Gasteiger partial charge in [0.2, 0.25) is 0 Å². The largest absolute Gasteiger partial charge is 0.294 e. The number of ketones is 1. The van der Waals surface area contributed by atoms with Crippen molar-refractivity contribution in [3.63, 3.8) is 0 Å². The average molecular weight is 214 g/mol. The highest BCUT2D eigenvalue weighted by molar-refractivity contribution is 5.96. The van der Waals surface area contributed by atoms with Crippen molar-refractivity contribution in [1.29, 1.82) is 0 Å². The summed E-state index contributed by atoms with van der Waals surface area (Å²) in [7, 11) is 0. The maximum atomic E-state index is 12.1. The third-order valence-electron chi connectivity index (χ3n) is 3.14. The van der Waals surface area contributed by atoms with E-state index in [0.717, 1.165) is 24.8 Å². The summed E-state index contributed by atoms with van der Waals surface area (Å²) in [6, 6.07) is 8.35. The molecule has 0 radical (unpaired) electrons. The van der Waals surface area contributed by atoms with E-state index >= 15 is 0 Å². The fourth-order valence-corrected chi connectivity index (χ4v) is 2.43. The molecule has 1 unspecified atom stereocenters. The van der Waals surface area contributed by atoms with Crippen LogP contribution in [0.25, 0.3) is 0 Å². The lowest BCUT2D eigenvalue weighted by Gasteiger charge is -2.23. The molecule has 1 atom stereocenters. The maximum absolute atomic E-state index is 12.1. The fourth-order valence-electron chi connectivity index (χ4n) is 2.43. The summed E-state index contributed by atoms with van der Waals surface area (Å²) in [4.78, 5) is 12.1. The number of fused-ring (bicyclic) bond motifs is 1. The number of carbonyl (C=O) groups excluding carboxylic acids is 1. The van der Waals surface area contributed by atoms with Crippen molar-refractivity contribution in [3.8, 4) is 0 Å². The van der Waals surface area contributed by atoms with Gasteiger partial charge < -0.3 is 0 Å². The number of carbonyl (C=O) groups is 1. The zero-order valence-electron chi connectivity index (χ0n) is 9.99. The Kier molecular flexibility index (Phi) is 3.23. The van der Waals surface area contributed by atoms with Gasteiger partial charge in [-0.2, -0.15) is 0 Å². The Hall–Kier alpha value is -1.37. The molecule has 1 aromatic carbocycles. The van der Waals surface area contributed by atoms with Gasteiger partial charge in [0.15, 0.2) is 5.78 Å². The van der Waals surface area contributed by atoms with Crippen molar-refractivity contribution in [1.82, 2.24) is 0 Å². The van der Waals surface area contributed by atoms with E-state index in [4.69, 9.17) is 0 Å². The standard InChI is InChI=1S/C15H18O/c1-11(2)10-15(16)14-9-5-7-12-6-3-4-8-13(12)14/h3-4,6,8,10,14H,5,7,9H2,1-2H3. The second-order valence-corrected chi connectivity index (χ2v) is 4.77. The zero-order chi connectivity index (χ0) is 11.5. The summed E-state index contributed by atoms with van der Waals surface area (Å²) in [6.07, 6.45) is 5.03. The molecule has 1 aromatic rings. The second-order valence-electron chi connectivity index (χ2n) is 4.77. The molecule has 0 aromatic heterocycles. The zero-order valence-corrected chi connectivity index (χ0v) is 9.99. The van der Waals surface area contributed by atoms with E-state index in [1.165, 1.54) is 11.1 Å². The van der Waals surface area contributed by atoms with E-state index in [1.807, 2.05) is 19.9 Å². The van der Waals surface area contributed by atoms with Gasteiger partial charge in [0, 0.05) is 5.92 Å². The van der Waals surface area contributed by atoms with E-state index in [0.29, 0.717) is 0 Å². The molecule has 0 amide bonds. The number of rotatable bonds is 2. The van der Waals surface area contributed by atoms with Gasteiger partial charge in [-0.25, -0.2) is 0 Å². The molecule has 2 rings (SSSR count). The summed E-state index contributed by atoms with van der Waals surface area (Å²) in [5, 5.41) is 0. The SMILES string of the molecule is CC(C)=CC(=O)C1CCCc2ccccc21. The molecule has 0 saturated heterocycles. The van der Waals surface area contributed by atoms with Crippen LogP contribution in [-0.4, -0.2) is 5.78 Å². The van der Waals surface area contributed by atoms with E-state index in [9.17, 15) is 4.79 Å². The minimum absolute atomic E-state index is 0.0971. The van der Waals surface area contributed by atoms with Crippen LogP contribution in [0.5, 0.6) is 0 Å². The Labute approximate surface area is 97.2 Å². The summed E-state index contributed by atoms with van der Waals surface area (Å²) in [5.74, 6) is 0.368. The van der Waals surface area contributed by atoms with Crippen LogP contribution in [0.3, 0.4) is 0 Å². The lowest BCUT2D eigenvalue weighted by Crippen LogP contribution is -2.17. The number of benzene rings is 1. The Morgan fingerprint density at radius 3 is 2.81 bits per heavy atom. The molecule has 1 aliphatic rings. The second kappa shape index (κ2) is 4.65.